The highest BCUT2D eigenvalue weighted by Crippen LogP contribution is 2.26. The standard InChI is InChI=1S/C14H25N3O2S/c1-4-5-7-15-9-14-11(2)16-17(12(14)3)13-6-8-20(18,19)10-13/h13,15H,4-10H2,1-3H3. The summed E-state index contributed by atoms with van der Waals surface area (Å²) in [6, 6.07) is 0.0168. The van der Waals surface area contributed by atoms with E-state index in [1.807, 2.05) is 18.5 Å². The monoisotopic (exact) mass is 299 g/mol. The van der Waals surface area contributed by atoms with Crippen molar-refractivity contribution in [1.29, 1.82) is 0 Å². The number of aryl methyl sites for hydroxylation is 1. The van der Waals surface area contributed by atoms with Gasteiger partial charge in [0.2, 0.25) is 0 Å². The summed E-state index contributed by atoms with van der Waals surface area (Å²) in [7, 11) is -2.86. The van der Waals surface area contributed by atoms with E-state index in [0.717, 1.165) is 24.5 Å². The van der Waals surface area contributed by atoms with Crippen LogP contribution in [0.4, 0.5) is 0 Å². The van der Waals surface area contributed by atoms with Crippen molar-refractivity contribution in [3.63, 3.8) is 0 Å². The Morgan fingerprint density at radius 3 is 2.75 bits per heavy atom. The van der Waals surface area contributed by atoms with Crippen molar-refractivity contribution in [1.82, 2.24) is 15.1 Å². The van der Waals surface area contributed by atoms with Gasteiger partial charge < -0.3 is 5.32 Å². The minimum absolute atomic E-state index is 0.0168. The fraction of sp³-hybridized carbons (Fsp3) is 0.786. The van der Waals surface area contributed by atoms with Crippen molar-refractivity contribution < 1.29 is 8.42 Å². The largest absolute Gasteiger partial charge is 0.313 e. The molecule has 1 fully saturated rings. The van der Waals surface area contributed by atoms with Gasteiger partial charge in [-0.25, -0.2) is 8.42 Å². The number of sulfone groups is 1. The Morgan fingerprint density at radius 2 is 2.15 bits per heavy atom. The van der Waals surface area contributed by atoms with Gasteiger partial charge >= 0.3 is 0 Å². The zero-order chi connectivity index (χ0) is 14.8. The van der Waals surface area contributed by atoms with Gasteiger partial charge in [0.25, 0.3) is 0 Å². The molecule has 1 atom stereocenters. The first-order chi connectivity index (χ1) is 9.44. The minimum atomic E-state index is -2.86. The van der Waals surface area contributed by atoms with E-state index in [4.69, 9.17) is 0 Å². The molecule has 1 unspecified atom stereocenters. The van der Waals surface area contributed by atoms with Crippen LogP contribution in [-0.2, 0) is 16.4 Å². The number of unbranched alkanes of at least 4 members (excludes halogenated alkanes) is 1. The van der Waals surface area contributed by atoms with E-state index in [1.165, 1.54) is 18.4 Å². The Bertz CT molecular complexity index is 563. The minimum Gasteiger partial charge on any atom is -0.313 e. The average molecular weight is 299 g/mol. The third-order valence-corrected chi connectivity index (χ3v) is 5.79. The summed E-state index contributed by atoms with van der Waals surface area (Å²) < 4.78 is 25.1. The first-order valence-electron chi connectivity index (χ1n) is 7.40. The molecule has 20 heavy (non-hydrogen) atoms. The number of rotatable bonds is 6. The lowest BCUT2D eigenvalue weighted by Crippen LogP contribution is -2.17. The summed E-state index contributed by atoms with van der Waals surface area (Å²) in [6.07, 6.45) is 3.05. The number of hydrogen-bond donors (Lipinski definition) is 1. The molecule has 0 saturated carbocycles. The third-order valence-electron chi connectivity index (χ3n) is 4.04. The van der Waals surface area contributed by atoms with E-state index in [9.17, 15) is 8.42 Å². The number of hydrogen-bond acceptors (Lipinski definition) is 4. The highest BCUT2D eigenvalue weighted by molar-refractivity contribution is 7.91. The van der Waals surface area contributed by atoms with Crippen LogP contribution in [0.5, 0.6) is 0 Å². The molecule has 1 N–H and O–H groups in total. The zero-order valence-corrected chi connectivity index (χ0v) is 13.5. The van der Waals surface area contributed by atoms with E-state index >= 15 is 0 Å². The molecule has 0 bridgehead atoms. The average Bonchev–Trinajstić information content (AvgIpc) is 2.87. The number of aromatic nitrogens is 2. The molecule has 1 aromatic heterocycles. The molecule has 1 aliphatic rings. The molecule has 2 heterocycles. The Hall–Kier alpha value is -0.880. The molecule has 1 saturated heterocycles. The summed E-state index contributed by atoms with van der Waals surface area (Å²) in [4.78, 5) is 0. The maximum absolute atomic E-state index is 11.6. The zero-order valence-electron chi connectivity index (χ0n) is 12.6. The van der Waals surface area contributed by atoms with Gasteiger partial charge in [0, 0.05) is 17.8 Å². The van der Waals surface area contributed by atoms with Crippen molar-refractivity contribution in [2.45, 2.75) is 52.6 Å². The summed E-state index contributed by atoms with van der Waals surface area (Å²) in [5.41, 5.74) is 3.33. The number of nitrogens with zero attached hydrogens (tertiary/aromatic N) is 2. The van der Waals surface area contributed by atoms with Crippen LogP contribution in [0.3, 0.4) is 0 Å². The van der Waals surface area contributed by atoms with Gasteiger partial charge in [-0.05, 0) is 33.2 Å². The van der Waals surface area contributed by atoms with Gasteiger partial charge in [-0.1, -0.05) is 13.3 Å². The van der Waals surface area contributed by atoms with Crippen molar-refractivity contribution in [2.75, 3.05) is 18.1 Å². The third kappa shape index (κ3) is 3.41. The second-order valence-electron chi connectivity index (χ2n) is 5.68. The second-order valence-corrected chi connectivity index (χ2v) is 7.91. The lowest BCUT2D eigenvalue weighted by atomic mass is 10.2. The number of nitrogens with one attached hydrogen (secondary N) is 1. The maximum Gasteiger partial charge on any atom is 0.152 e. The molecule has 1 aromatic rings. The van der Waals surface area contributed by atoms with Gasteiger partial charge in [0.05, 0.1) is 23.2 Å². The molecule has 1 aliphatic heterocycles. The molecule has 0 radical (unpaired) electrons. The summed E-state index contributed by atoms with van der Waals surface area (Å²) in [6.45, 7) is 8.05. The Morgan fingerprint density at radius 1 is 1.40 bits per heavy atom. The summed E-state index contributed by atoms with van der Waals surface area (Å²) in [5.74, 6) is 0.526. The molecule has 0 aromatic carbocycles. The smallest absolute Gasteiger partial charge is 0.152 e. The van der Waals surface area contributed by atoms with Crippen molar-refractivity contribution in [3.05, 3.63) is 17.0 Å². The first-order valence-corrected chi connectivity index (χ1v) is 9.22. The first kappa shape index (κ1) is 15.5. The molecule has 0 amide bonds. The van der Waals surface area contributed by atoms with Gasteiger partial charge in [-0.15, -0.1) is 0 Å². The van der Waals surface area contributed by atoms with Crippen molar-refractivity contribution in [2.24, 2.45) is 0 Å². The van der Waals surface area contributed by atoms with Crippen LogP contribution in [0.2, 0.25) is 0 Å². The van der Waals surface area contributed by atoms with E-state index in [-0.39, 0.29) is 11.8 Å². The Kier molecular flexibility index (Phi) is 4.86. The van der Waals surface area contributed by atoms with Gasteiger partial charge in [-0.3, -0.25) is 4.68 Å². The molecular weight excluding hydrogens is 274 g/mol. The summed E-state index contributed by atoms with van der Waals surface area (Å²) >= 11 is 0. The molecule has 114 valence electrons. The quantitative estimate of drug-likeness (QED) is 0.813. The Labute approximate surface area is 121 Å². The molecule has 0 aliphatic carbocycles. The van der Waals surface area contributed by atoms with Crippen molar-refractivity contribution >= 4 is 9.84 Å². The Balaban J connectivity index is 2.09. The molecule has 0 spiro atoms. The molecular formula is C14H25N3O2S. The van der Waals surface area contributed by atoms with E-state index < -0.39 is 9.84 Å². The van der Waals surface area contributed by atoms with E-state index in [0.29, 0.717) is 12.2 Å². The fourth-order valence-electron chi connectivity index (χ4n) is 2.79. The molecule has 5 nitrogen and oxygen atoms in total. The van der Waals surface area contributed by atoms with Crippen LogP contribution in [0.25, 0.3) is 0 Å². The predicted octanol–water partition coefficient (Wildman–Crippen LogP) is 1.75. The lowest BCUT2D eigenvalue weighted by Gasteiger charge is -2.11. The highest BCUT2D eigenvalue weighted by Gasteiger charge is 2.31. The molecule has 2 rings (SSSR count). The normalized spacial score (nSPS) is 21.4. The topological polar surface area (TPSA) is 64.0 Å². The SMILES string of the molecule is CCCCNCc1c(C)nn(C2CCS(=O)(=O)C2)c1C. The molecule has 6 heteroatoms. The maximum atomic E-state index is 11.6. The van der Waals surface area contributed by atoms with Gasteiger partial charge in [0.15, 0.2) is 9.84 Å². The van der Waals surface area contributed by atoms with E-state index in [1.54, 1.807) is 0 Å². The lowest BCUT2D eigenvalue weighted by molar-refractivity contribution is 0.485. The van der Waals surface area contributed by atoms with Crippen LogP contribution in [0, 0.1) is 13.8 Å². The van der Waals surface area contributed by atoms with Crippen LogP contribution in [0.15, 0.2) is 0 Å². The summed E-state index contributed by atoms with van der Waals surface area (Å²) in [5, 5.41) is 8.00. The fourth-order valence-corrected chi connectivity index (χ4v) is 4.48. The van der Waals surface area contributed by atoms with Crippen LogP contribution in [-0.4, -0.2) is 36.2 Å². The van der Waals surface area contributed by atoms with Gasteiger partial charge in [0.1, 0.15) is 0 Å². The predicted molar refractivity (Wildman–Crippen MR) is 80.6 cm³/mol. The van der Waals surface area contributed by atoms with Crippen LogP contribution >= 0.6 is 0 Å². The van der Waals surface area contributed by atoms with Crippen LogP contribution < -0.4 is 5.32 Å². The van der Waals surface area contributed by atoms with Crippen LogP contribution in [0.1, 0.15) is 49.2 Å². The van der Waals surface area contributed by atoms with E-state index in [2.05, 4.69) is 17.3 Å². The van der Waals surface area contributed by atoms with Gasteiger partial charge in [-0.2, -0.15) is 5.10 Å². The second kappa shape index (κ2) is 6.26. The van der Waals surface area contributed by atoms with Crippen molar-refractivity contribution in [3.8, 4) is 0 Å². The highest BCUT2D eigenvalue weighted by atomic mass is 32.2.